The molecule has 0 heteroatoms. The van der Waals surface area contributed by atoms with Crippen molar-refractivity contribution in [2.24, 2.45) is 0 Å². The van der Waals surface area contributed by atoms with Crippen molar-refractivity contribution in [3.63, 3.8) is 0 Å². The molecule has 0 atom stereocenters. The molecule has 0 saturated carbocycles. The molecule has 112 valence electrons. The van der Waals surface area contributed by atoms with Crippen molar-refractivity contribution in [2.45, 2.75) is 98.3 Å². The Morgan fingerprint density at radius 1 is 0.684 bits per heavy atom. The second kappa shape index (κ2) is 13.9. The van der Waals surface area contributed by atoms with Crippen molar-refractivity contribution in [2.75, 3.05) is 0 Å². The van der Waals surface area contributed by atoms with Crippen LogP contribution >= 0.6 is 0 Å². The first-order valence-electron chi connectivity index (χ1n) is 8.45. The van der Waals surface area contributed by atoms with Crippen LogP contribution in [0.2, 0.25) is 0 Å². The lowest BCUT2D eigenvalue weighted by Crippen LogP contribution is -1.81. The summed E-state index contributed by atoms with van der Waals surface area (Å²) in [6.45, 7) is 8.93. The number of hydrogen-bond acceptors (Lipinski definition) is 0. The van der Waals surface area contributed by atoms with Gasteiger partial charge in [0.15, 0.2) is 0 Å². The second-order valence-electron chi connectivity index (χ2n) is 6.13. The highest BCUT2D eigenvalue weighted by Crippen LogP contribution is 2.12. The van der Waals surface area contributed by atoms with Gasteiger partial charge >= 0.3 is 0 Å². The summed E-state index contributed by atoms with van der Waals surface area (Å²) < 4.78 is 0. The monoisotopic (exact) mass is 264 g/mol. The SMILES string of the molecule is CCCCCCCCCCC=C(C)CCC=C(C)C. The smallest absolute Gasteiger partial charge is 0.0288 e. The summed E-state index contributed by atoms with van der Waals surface area (Å²) in [6.07, 6.45) is 19.9. The fraction of sp³-hybridized carbons (Fsp3) is 0.789. The minimum atomic E-state index is 1.21. The van der Waals surface area contributed by atoms with Crippen molar-refractivity contribution in [3.05, 3.63) is 23.3 Å². The first-order valence-corrected chi connectivity index (χ1v) is 8.45. The van der Waals surface area contributed by atoms with E-state index in [2.05, 4.69) is 39.8 Å². The Morgan fingerprint density at radius 3 is 1.84 bits per heavy atom. The Morgan fingerprint density at radius 2 is 1.26 bits per heavy atom. The quantitative estimate of drug-likeness (QED) is 0.258. The summed E-state index contributed by atoms with van der Waals surface area (Å²) in [4.78, 5) is 0. The fourth-order valence-corrected chi connectivity index (χ4v) is 2.32. The molecular formula is C19H36. The maximum Gasteiger partial charge on any atom is -0.0288 e. The molecule has 0 N–H and O–H groups in total. The summed E-state index contributed by atoms with van der Waals surface area (Å²) in [7, 11) is 0. The van der Waals surface area contributed by atoms with Gasteiger partial charge in [-0.05, 0) is 46.5 Å². The van der Waals surface area contributed by atoms with Crippen LogP contribution in [0.3, 0.4) is 0 Å². The highest BCUT2D eigenvalue weighted by Gasteiger charge is 1.92. The Balaban J connectivity index is 3.34. The number of allylic oxidation sites excluding steroid dienone is 4. The first kappa shape index (κ1) is 18.5. The summed E-state index contributed by atoms with van der Waals surface area (Å²) in [6, 6.07) is 0. The third kappa shape index (κ3) is 15.4. The lowest BCUT2D eigenvalue weighted by atomic mass is 10.1. The molecule has 19 heavy (non-hydrogen) atoms. The standard InChI is InChI=1S/C19H36/c1-5-6-7-8-9-10-11-12-13-16-19(4)17-14-15-18(2)3/h15-16H,5-14,17H2,1-4H3. The van der Waals surface area contributed by atoms with E-state index in [4.69, 9.17) is 0 Å². The van der Waals surface area contributed by atoms with Crippen molar-refractivity contribution in [3.8, 4) is 0 Å². The van der Waals surface area contributed by atoms with Gasteiger partial charge in [0.1, 0.15) is 0 Å². The molecule has 0 aliphatic rings. The Kier molecular flexibility index (Phi) is 13.5. The third-order valence-electron chi connectivity index (χ3n) is 3.64. The predicted octanol–water partition coefficient (Wildman–Crippen LogP) is 7.21. The van der Waals surface area contributed by atoms with Crippen LogP contribution in [-0.4, -0.2) is 0 Å². The van der Waals surface area contributed by atoms with Gasteiger partial charge in [-0.15, -0.1) is 0 Å². The van der Waals surface area contributed by atoms with E-state index in [-0.39, 0.29) is 0 Å². The molecule has 0 aliphatic heterocycles. The fourth-order valence-electron chi connectivity index (χ4n) is 2.32. The van der Waals surface area contributed by atoms with E-state index in [0.29, 0.717) is 0 Å². The van der Waals surface area contributed by atoms with Gasteiger partial charge in [-0.25, -0.2) is 0 Å². The van der Waals surface area contributed by atoms with Gasteiger partial charge in [0.2, 0.25) is 0 Å². The minimum absolute atomic E-state index is 1.21. The van der Waals surface area contributed by atoms with E-state index < -0.39 is 0 Å². The summed E-state index contributed by atoms with van der Waals surface area (Å²) in [5.74, 6) is 0. The minimum Gasteiger partial charge on any atom is -0.0856 e. The highest BCUT2D eigenvalue weighted by molar-refractivity contribution is 5.01. The van der Waals surface area contributed by atoms with Gasteiger partial charge in [0.25, 0.3) is 0 Å². The average Bonchev–Trinajstić information content (AvgIpc) is 2.36. The van der Waals surface area contributed by atoms with Gasteiger partial charge in [-0.1, -0.05) is 75.2 Å². The first-order chi connectivity index (χ1) is 9.16. The topological polar surface area (TPSA) is 0 Å². The molecule has 0 fully saturated rings. The van der Waals surface area contributed by atoms with E-state index in [0.717, 1.165) is 0 Å². The predicted molar refractivity (Wildman–Crippen MR) is 89.6 cm³/mol. The summed E-state index contributed by atoms with van der Waals surface area (Å²) in [5, 5.41) is 0. The molecule has 0 radical (unpaired) electrons. The van der Waals surface area contributed by atoms with Crippen molar-refractivity contribution in [1.29, 1.82) is 0 Å². The van der Waals surface area contributed by atoms with Gasteiger partial charge in [-0.3, -0.25) is 0 Å². The normalized spacial score (nSPS) is 11.7. The van der Waals surface area contributed by atoms with Crippen LogP contribution in [-0.2, 0) is 0 Å². The third-order valence-corrected chi connectivity index (χ3v) is 3.64. The molecule has 0 amide bonds. The molecule has 0 aromatic carbocycles. The second-order valence-corrected chi connectivity index (χ2v) is 6.13. The van der Waals surface area contributed by atoms with Crippen LogP contribution in [0, 0.1) is 0 Å². The van der Waals surface area contributed by atoms with E-state index in [9.17, 15) is 0 Å². The van der Waals surface area contributed by atoms with Crippen molar-refractivity contribution >= 4 is 0 Å². The van der Waals surface area contributed by atoms with E-state index in [1.807, 2.05) is 0 Å². The van der Waals surface area contributed by atoms with Gasteiger partial charge < -0.3 is 0 Å². The molecular weight excluding hydrogens is 228 g/mol. The van der Waals surface area contributed by atoms with E-state index in [1.165, 1.54) is 76.2 Å². The van der Waals surface area contributed by atoms with Gasteiger partial charge in [0, 0.05) is 0 Å². The Labute approximate surface area is 122 Å². The van der Waals surface area contributed by atoms with Crippen LogP contribution in [0.5, 0.6) is 0 Å². The Hall–Kier alpha value is -0.520. The van der Waals surface area contributed by atoms with Crippen LogP contribution in [0.1, 0.15) is 98.3 Å². The molecule has 0 unspecified atom stereocenters. The van der Waals surface area contributed by atoms with Gasteiger partial charge in [-0.2, -0.15) is 0 Å². The number of unbranched alkanes of at least 4 members (excludes halogenated alkanes) is 8. The number of rotatable bonds is 12. The van der Waals surface area contributed by atoms with Crippen LogP contribution in [0.4, 0.5) is 0 Å². The Bertz CT molecular complexity index is 241. The van der Waals surface area contributed by atoms with Crippen LogP contribution < -0.4 is 0 Å². The average molecular weight is 264 g/mol. The van der Waals surface area contributed by atoms with Crippen molar-refractivity contribution in [1.82, 2.24) is 0 Å². The zero-order valence-corrected chi connectivity index (χ0v) is 13.9. The molecule has 0 rings (SSSR count). The zero-order chi connectivity index (χ0) is 14.3. The molecule has 0 aliphatic carbocycles. The molecule has 0 spiro atoms. The molecule has 0 bridgehead atoms. The molecule has 0 aromatic rings. The lowest BCUT2D eigenvalue weighted by molar-refractivity contribution is 0.577. The molecule has 0 aromatic heterocycles. The number of hydrogen-bond donors (Lipinski definition) is 0. The van der Waals surface area contributed by atoms with Crippen LogP contribution in [0.15, 0.2) is 23.3 Å². The van der Waals surface area contributed by atoms with Crippen LogP contribution in [0.25, 0.3) is 0 Å². The maximum atomic E-state index is 2.45. The van der Waals surface area contributed by atoms with E-state index in [1.54, 1.807) is 5.57 Å². The largest absolute Gasteiger partial charge is 0.0856 e. The van der Waals surface area contributed by atoms with E-state index >= 15 is 0 Å². The highest BCUT2D eigenvalue weighted by atomic mass is 14.0. The molecule has 0 heterocycles. The van der Waals surface area contributed by atoms with Gasteiger partial charge in [0.05, 0.1) is 0 Å². The zero-order valence-electron chi connectivity index (χ0n) is 13.9. The summed E-state index contributed by atoms with van der Waals surface area (Å²) >= 11 is 0. The maximum absolute atomic E-state index is 2.45. The molecule has 0 nitrogen and oxygen atoms in total. The lowest BCUT2D eigenvalue weighted by Gasteiger charge is -2.01. The molecule has 0 saturated heterocycles. The van der Waals surface area contributed by atoms with Crippen molar-refractivity contribution < 1.29 is 0 Å². The summed E-state index contributed by atoms with van der Waals surface area (Å²) in [5.41, 5.74) is 3.01.